The Morgan fingerprint density at radius 3 is 2.82 bits per heavy atom. The van der Waals surface area contributed by atoms with Crippen molar-refractivity contribution in [2.75, 3.05) is 30.5 Å². The first kappa shape index (κ1) is 19.7. The molecule has 28 heavy (non-hydrogen) atoms. The molecule has 3 rings (SSSR count). The van der Waals surface area contributed by atoms with Crippen LogP contribution >= 0.6 is 0 Å². The Morgan fingerprint density at radius 2 is 2.07 bits per heavy atom. The summed E-state index contributed by atoms with van der Waals surface area (Å²) < 4.78 is 11.0. The Morgan fingerprint density at radius 1 is 1.25 bits per heavy atom. The van der Waals surface area contributed by atoms with Gasteiger partial charge in [-0.25, -0.2) is 0 Å². The fraction of sp³-hybridized carbons (Fsp3) is 0.364. The lowest BCUT2D eigenvalue weighted by atomic mass is 10.1. The minimum Gasteiger partial charge on any atom is -0.497 e. The van der Waals surface area contributed by atoms with E-state index in [4.69, 9.17) is 9.47 Å². The average Bonchev–Trinajstić information content (AvgIpc) is 3.10. The molecule has 2 aromatic carbocycles. The van der Waals surface area contributed by atoms with Crippen LogP contribution in [-0.2, 0) is 9.59 Å². The maximum atomic E-state index is 12.8. The summed E-state index contributed by atoms with van der Waals surface area (Å²) in [6.07, 6.45) is 1.06. The molecule has 2 amide bonds. The third-order valence-electron chi connectivity index (χ3n) is 4.72. The molecule has 1 N–H and O–H groups in total. The maximum Gasteiger partial charge on any atom is 0.229 e. The van der Waals surface area contributed by atoms with E-state index in [0.717, 1.165) is 17.7 Å². The number of anilines is 2. The zero-order valence-corrected chi connectivity index (χ0v) is 16.5. The number of hydrogen-bond acceptors (Lipinski definition) is 4. The minimum absolute atomic E-state index is 0.0697. The number of ether oxygens (including phenoxy) is 2. The molecule has 1 aliphatic heterocycles. The lowest BCUT2D eigenvalue weighted by Crippen LogP contribution is -2.28. The highest BCUT2D eigenvalue weighted by Gasteiger charge is 2.35. The Balaban J connectivity index is 1.71. The number of aryl methyl sites for hydroxylation is 1. The van der Waals surface area contributed by atoms with Gasteiger partial charge >= 0.3 is 0 Å². The molecule has 6 nitrogen and oxygen atoms in total. The summed E-state index contributed by atoms with van der Waals surface area (Å²) in [6, 6.07) is 13.0. The summed E-state index contributed by atoms with van der Waals surface area (Å²) in [5.41, 5.74) is 2.43. The molecule has 0 aromatic heterocycles. The predicted octanol–water partition coefficient (Wildman–Crippen LogP) is 3.78. The molecule has 2 aromatic rings. The summed E-state index contributed by atoms with van der Waals surface area (Å²) in [6.45, 7) is 4.93. The van der Waals surface area contributed by atoms with Crippen molar-refractivity contribution in [2.45, 2.75) is 26.7 Å². The lowest BCUT2D eigenvalue weighted by molar-refractivity contribution is -0.122. The molecule has 1 heterocycles. The van der Waals surface area contributed by atoms with E-state index in [1.807, 2.05) is 50.2 Å². The second kappa shape index (κ2) is 8.78. The van der Waals surface area contributed by atoms with Crippen molar-refractivity contribution >= 4 is 23.2 Å². The zero-order valence-electron chi connectivity index (χ0n) is 16.5. The van der Waals surface area contributed by atoms with Crippen LogP contribution in [0.4, 0.5) is 11.4 Å². The van der Waals surface area contributed by atoms with Crippen LogP contribution < -0.4 is 19.7 Å². The first-order valence-electron chi connectivity index (χ1n) is 9.50. The molecular formula is C22H26N2O4. The maximum absolute atomic E-state index is 12.8. The third kappa shape index (κ3) is 4.44. The van der Waals surface area contributed by atoms with Gasteiger partial charge in [0.2, 0.25) is 11.8 Å². The standard InChI is InChI=1S/C22H26N2O4/c1-4-10-28-20-11-15(2)8-9-19(20)23-22(26)16-12-21(25)24(14-16)17-6-5-7-18(13-17)27-3/h5-9,11,13,16H,4,10,12,14H2,1-3H3,(H,23,26). The van der Waals surface area contributed by atoms with Gasteiger partial charge in [-0.3, -0.25) is 9.59 Å². The molecule has 1 unspecified atom stereocenters. The summed E-state index contributed by atoms with van der Waals surface area (Å²) >= 11 is 0. The van der Waals surface area contributed by atoms with Crippen LogP contribution in [0.1, 0.15) is 25.3 Å². The second-order valence-electron chi connectivity index (χ2n) is 6.94. The van der Waals surface area contributed by atoms with E-state index in [-0.39, 0.29) is 18.2 Å². The number of benzene rings is 2. The molecule has 1 atom stereocenters. The van der Waals surface area contributed by atoms with Crippen molar-refractivity contribution in [1.82, 2.24) is 0 Å². The van der Waals surface area contributed by atoms with Crippen molar-refractivity contribution in [2.24, 2.45) is 5.92 Å². The molecule has 1 aliphatic rings. The van der Waals surface area contributed by atoms with Crippen molar-refractivity contribution < 1.29 is 19.1 Å². The first-order chi connectivity index (χ1) is 13.5. The van der Waals surface area contributed by atoms with Crippen LogP contribution in [-0.4, -0.2) is 32.1 Å². The van der Waals surface area contributed by atoms with E-state index in [1.54, 1.807) is 18.1 Å². The molecule has 0 spiro atoms. The Kier molecular flexibility index (Phi) is 6.19. The number of carbonyl (C=O) groups excluding carboxylic acids is 2. The van der Waals surface area contributed by atoms with E-state index in [0.29, 0.717) is 30.3 Å². The van der Waals surface area contributed by atoms with E-state index in [9.17, 15) is 9.59 Å². The normalized spacial score (nSPS) is 16.2. The van der Waals surface area contributed by atoms with Gasteiger partial charge in [0.25, 0.3) is 0 Å². The third-order valence-corrected chi connectivity index (χ3v) is 4.72. The summed E-state index contributed by atoms with van der Waals surface area (Å²) in [4.78, 5) is 26.9. The number of methoxy groups -OCH3 is 1. The van der Waals surface area contributed by atoms with Gasteiger partial charge in [-0.15, -0.1) is 0 Å². The number of nitrogens with zero attached hydrogens (tertiary/aromatic N) is 1. The molecule has 6 heteroatoms. The van der Waals surface area contributed by atoms with Crippen LogP contribution in [0.15, 0.2) is 42.5 Å². The zero-order chi connectivity index (χ0) is 20.1. The van der Waals surface area contributed by atoms with Crippen LogP contribution in [0.2, 0.25) is 0 Å². The van der Waals surface area contributed by atoms with Gasteiger partial charge < -0.3 is 19.7 Å². The number of carbonyl (C=O) groups is 2. The van der Waals surface area contributed by atoms with E-state index in [1.165, 1.54) is 0 Å². The van der Waals surface area contributed by atoms with E-state index < -0.39 is 5.92 Å². The van der Waals surface area contributed by atoms with Crippen molar-refractivity contribution in [3.63, 3.8) is 0 Å². The van der Waals surface area contributed by atoms with Gasteiger partial charge in [-0.1, -0.05) is 19.1 Å². The molecule has 0 saturated carbocycles. The Labute approximate surface area is 165 Å². The Hall–Kier alpha value is -3.02. The largest absolute Gasteiger partial charge is 0.497 e. The van der Waals surface area contributed by atoms with Crippen molar-refractivity contribution in [3.05, 3.63) is 48.0 Å². The van der Waals surface area contributed by atoms with Crippen LogP contribution in [0.3, 0.4) is 0 Å². The van der Waals surface area contributed by atoms with Crippen LogP contribution in [0, 0.1) is 12.8 Å². The molecule has 1 saturated heterocycles. The second-order valence-corrected chi connectivity index (χ2v) is 6.94. The fourth-order valence-corrected chi connectivity index (χ4v) is 3.21. The van der Waals surface area contributed by atoms with Crippen LogP contribution in [0.25, 0.3) is 0 Å². The number of nitrogens with one attached hydrogen (secondary N) is 1. The summed E-state index contributed by atoms with van der Waals surface area (Å²) in [5, 5.41) is 2.94. The molecule has 148 valence electrons. The Bertz CT molecular complexity index is 865. The lowest BCUT2D eigenvalue weighted by Gasteiger charge is -2.18. The topological polar surface area (TPSA) is 67.9 Å². The molecular weight excluding hydrogens is 356 g/mol. The monoisotopic (exact) mass is 382 g/mol. The highest BCUT2D eigenvalue weighted by Crippen LogP contribution is 2.30. The van der Waals surface area contributed by atoms with Gasteiger partial charge in [-0.2, -0.15) is 0 Å². The molecule has 0 radical (unpaired) electrons. The molecule has 0 bridgehead atoms. The highest BCUT2D eigenvalue weighted by atomic mass is 16.5. The molecule has 1 fully saturated rings. The number of hydrogen-bond donors (Lipinski definition) is 1. The quantitative estimate of drug-likeness (QED) is 0.791. The first-order valence-corrected chi connectivity index (χ1v) is 9.50. The van der Waals surface area contributed by atoms with Crippen molar-refractivity contribution in [1.29, 1.82) is 0 Å². The number of amides is 2. The minimum atomic E-state index is -0.418. The van der Waals surface area contributed by atoms with Gasteiger partial charge in [-0.05, 0) is 43.2 Å². The SMILES string of the molecule is CCCOc1cc(C)ccc1NC(=O)C1CC(=O)N(c2cccc(OC)c2)C1. The van der Waals surface area contributed by atoms with E-state index >= 15 is 0 Å². The van der Waals surface area contributed by atoms with Gasteiger partial charge in [0.15, 0.2) is 0 Å². The smallest absolute Gasteiger partial charge is 0.229 e. The highest BCUT2D eigenvalue weighted by molar-refractivity contribution is 6.04. The number of rotatable bonds is 7. The van der Waals surface area contributed by atoms with Crippen molar-refractivity contribution in [3.8, 4) is 11.5 Å². The van der Waals surface area contributed by atoms with Gasteiger partial charge in [0.1, 0.15) is 11.5 Å². The average molecular weight is 382 g/mol. The van der Waals surface area contributed by atoms with Gasteiger partial charge in [0.05, 0.1) is 25.3 Å². The fourth-order valence-electron chi connectivity index (χ4n) is 3.21. The summed E-state index contributed by atoms with van der Waals surface area (Å²) in [7, 11) is 1.58. The van der Waals surface area contributed by atoms with Crippen LogP contribution in [0.5, 0.6) is 11.5 Å². The summed E-state index contributed by atoms with van der Waals surface area (Å²) in [5.74, 6) is 0.669. The van der Waals surface area contributed by atoms with E-state index in [2.05, 4.69) is 5.32 Å². The van der Waals surface area contributed by atoms with Gasteiger partial charge in [0, 0.05) is 24.7 Å². The predicted molar refractivity (Wildman–Crippen MR) is 109 cm³/mol. The molecule has 0 aliphatic carbocycles.